The molecule has 2 aromatic rings. The van der Waals surface area contributed by atoms with Gasteiger partial charge in [-0.15, -0.1) is 0 Å². The van der Waals surface area contributed by atoms with Crippen LogP contribution >= 0.6 is 0 Å². The topological polar surface area (TPSA) is 87.5 Å². The van der Waals surface area contributed by atoms with Crippen molar-refractivity contribution in [2.24, 2.45) is 5.73 Å². The van der Waals surface area contributed by atoms with E-state index in [2.05, 4.69) is 10.6 Å². The normalized spacial score (nSPS) is 11.9. The number of hydrogen-bond donors (Lipinski definition) is 3. The molecule has 0 heterocycles. The maximum Gasteiger partial charge on any atom is 0.251 e. The van der Waals surface area contributed by atoms with E-state index >= 15 is 0 Å². The van der Waals surface area contributed by atoms with Gasteiger partial charge in [-0.05, 0) is 37.4 Å². The lowest BCUT2D eigenvalue weighted by Crippen LogP contribution is -2.31. The molecule has 0 aliphatic heterocycles. The summed E-state index contributed by atoms with van der Waals surface area (Å²) in [7, 11) is 3.91. The van der Waals surface area contributed by atoms with Crippen LogP contribution in [0.25, 0.3) is 0 Å². The van der Waals surface area contributed by atoms with Gasteiger partial charge in [0.05, 0.1) is 0 Å². The second kappa shape index (κ2) is 10.4. The molecule has 1 atom stereocenters. The second-order valence-corrected chi connectivity index (χ2v) is 6.76. The summed E-state index contributed by atoms with van der Waals surface area (Å²) in [6.07, 6.45) is 0.217. The third-order valence-electron chi connectivity index (χ3n) is 4.16. The number of hydrogen-bond acceptors (Lipinski definition) is 4. The SMILES string of the molecule is CN(C)CCNC(=O)c1cccc(CNC(=O)CC(N)c2ccccc2)c1. The molecule has 2 aromatic carbocycles. The Morgan fingerprint density at radius 2 is 1.78 bits per heavy atom. The Labute approximate surface area is 160 Å². The Hall–Kier alpha value is -2.70. The van der Waals surface area contributed by atoms with Gasteiger partial charge in [0.2, 0.25) is 5.91 Å². The van der Waals surface area contributed by atoms with Gasteiger partial charge in [-0.1, -0.05) is 42.5 Å². The second-order valence-electron chi connectivity index (χ2n) is 6.76. The van der Waals surface area contributed by atoms with Crippen LogP contribution in [0, 0.1) is 0 Å². The summed E-state index contributed by atoms with van der Waals surface area (Å²) in [6.45, 7) is 1.73. The summed E-state index contributed by atoms with van der Waals surface area (Å²) < 4.78 is 0. The summed E-state index contributed by atoms with van der Waals surface area (Å²) >= 11 is 0. The Kier molecular flexibility index (Phi) is 7.98. The first-order valence-electron chi connectivity index (χ1n) is 9.05. The van der Waals surface area contributed by atoms with Crippen LogP contribution in [0.3, 0.4) is 0 Å². The molecule has 2 amide bonds. The van der Waals surface area contributed by atoms with Crippen molar-refractivity contribution in [2.45, 2.75) is 19.0 Å². The first kappa shape index (κ1) is 20.6. The molecule has 0 aliphatic rings. The van der Waals surface area contributed by atoms with Crippen molar-refractivity contribution in [1.29, 1.82) is 0 Å². The summed E-state index contributed by atoms with van der Waals surface area (Å²) in [6, 6.07) is 16.5. The minimum Gasteiger partial charge on any atom is -0.352 e. The Balaban J connectivity index is 1.83. The summed E-state index contributed by atoms with van der Waals surface area (Å²) in [5.41, 5.74) is 8.47. The van der Waals surface area contributed by atoms with E-state index in [0.717, 1.165) is 17.7 Å². The lowest BCUT2D eigenvalue weighted by molar-refractivity contribution is -0.121. The lowest BCUT2D eigenvalue weighted by atomic mass is 10.0. The van der Waals surface area contributed by atoms with Crippen LogP contribution in [0.5, 0.6) is 0 Å². The standard InChI is InChI=1S/C21H28N4O2/c1-25(2)12-11-23-21(27)18-10-6-7-16(13-18)15-24-20(26)14-19(22)17-8-4-3-5-9-17/h3-10,13,19H,11-12,14-15,22H2,1-2H3,(H,23,27)(H,24,26). The first-order chi connectivity index (χ1) is 13.0. The van der Waals surface area contributed by atoms with Crippen LogP contribution in [-0.4, -0.2) is 43.9 Å². The molecule has 0 aliphatic carbocycles. The highest BCUT2D eigenvalue weighted by atomic mass is 16.2. The van der Waals surface area contributed by atoms with Crippen molar-refractivity contribution >= 4 is 11.8 Å². The summed E-state index contributed by atoms with van der Waals surface area (Å²) in [4.78, 5) is 26.3. The van der Waals surface area contributed by atoms with Crippen molar-refractivity contribution in [3.63, 3.8) is 0 Å². The number of carbonyl (C=O) groups is 2. The van der Waals surface area contributed by atoms with Crippen molar-refractivity contribution in [3.05, 3.63) is 71.3 Å². The fourth-order valence-corrected chi connectivity index (χ4v) is 2.61. The molecule has 0 saturated carbocycles. The molecule has 6 heteroatoms. The average Bonchev–Trinajstić information content (AvgIpc) is 2.67. The Bertz CT molecular complexity index is 747. The first-order valence-corrected chi connectivity index (χ1v) is 9.05. The van der Waals surface area contributed by atoms with Gasteiger partial charge in [-0.25, -0.2) is 0 Å². The number of carbonyl (C=O) groups excluding carboxylic acids is 2. The number of benzene rings is 2. The molecule has 2 rings (SSSR count). The van der Waals surface area contributed by atoms with Gasteiger partial charge < -0.3 is 21.3 Å². The summed E-state index contributed by atoms with van der Waals surface area (Å²) in [5.74, 6) is -0.233. The van der Waals surface area contributed by atoms with Crippen LogP contribution < -0.4 is 16.4 Å². The highest BCUT2D eigenvalue weighted by Gasteiger charge is 2.11. The molecule has 0 aromatic heterocycles. The van der Waals surface area contributed by atoms with E-state index in [0.29, 0.717) is 18.7 Å². The van der Waals surface area contributed by atoms with E-state index < -0.39 is 0 Å². The third kappa shape index (κ3) is 7.21. The van der Waals surface area contributed by atoms with E-state index in [1.807, 2.05) is 61.5 Å². The van der Waals surface area contributed by atoms with E-state index in [1.165, 1.54) is 0 Å². The van der Waals surface area contributed by atoms with E-state index in [-0.39, 0.29) is 24.3 Å². The molecule has 0 bridgehead atoms. The molecule has 4 N–H and O–H groups in total. The Morgan fingerprint density at radius 1 is 1.04 bits per heavy atom. The highest BCUT2D eigenvalue weighted by molar-refractivity contribution is 5.94. The predicted octanol–water partition coefficient (Wildman–Crippen LogP) is 1.68. The maximum absolute atomic E-state index is 12.2. The van der Waals surface area contributed by atoms with Gasteiger partial charge in [0.25, 0.3) is 5.91 Å². The average molecular weight is 368 g/mol. The van der Waals surface area contributed by atoms with Gasteiger partial charge in [0, 0.05) is 37.7 Å². The third-order valence-corrected chi connectivity index (χ3v) is 4.16. The van der Waals surface area contributed by atoms with E-state index in [9.17, 15) is 9.59 Å². The van der Waals surface area contributed by atoms with Crippen molar-refractivity contribution in [2.75, 3.05) is 27.2 Å². The summed E-state index contributed by atoms with van der Waals surface area (Å²) in [5, 5.41) is 5.75. The van der Waals surface area contributed by atoms with Crippen molar-refractivity contribution < 1.29 is 9.59 Å². The minimum atomic E-state index is -0.333. The zero-order chi connectivity index (χ0) is 19.6. The van der Waals surface area contributed by atoms with Crippen LogP contribution in [-0.2, 0) is 11.3 Å². The zero-order valence-electron chi connectivity index (χ0n) is 15.9. The molecule has 0 spiro atoms. The number of nitrogens with zero attached hydrogens (tertiary/aromatic N) is 1. The maximum atomic E-state index is 12.2. The zero-order valence-corrected chi connectivity index (χ0v) is 15.9. The molecule has 27 heavy (non-hydrogen) atoms. The molecule has 0 radical (unpaired) electrons. The molecule has 144 valence electrons. The molecular weight excluding hydrogens is 340 g/mol. The molecule has 0 saturated heterocycles. The number of amides is 2. The smallest absolute Gasteiger partial charge is 0.251 e. The van der Waals surface area contributed by atoms with Gasteiger partial charge in [-0.3, -0.25) is 9.59 Å². The van der Waals surface area contributed by atoms with Crippen LogP contribution in [0.4, 0.5) is 0 Å². The van der Waals surface area contributed by atoms with Crippen LogP contribution in [0.15, 0.2) is 54.6 Å². The van der Waals surface area contributed by atoms with Crippen LogP contribution in [0.2, 0.25) is 0 Å². The minimum absolute atomic E-state index is 0.115. The van der Waals surface area contributed by atoms with Crippen LogP contribution in [0.1, 0.15) is 33.9 Å². The number of likely N-dealkylation sites (N-methyl/N-ethyl adjacent to an activating group) is 1. The molecule has 0 fully saturated rings. The highest BCUT2D eigenvalue weighted by Crippen LogP contribution is 2.13. The molecule has 6 nitrogen and oxygen atoms in total. The molecule has 1 unspecified atom stereocenters. The Morgan fingerprint density at radius 3 is 2.48 bits per heavy atom. The van der Waals surface area contributed by atoms with E-state index in [4.69, 9.17) is 5.73 Å². The monoisotopic (exact) mass is 368 g/mol. The fourth-order valence-electron chi connectivity index (χ4n) is 2.61. The van der Waals surface area contributed by atoms with Crippen molar-refractivity contribution in [1.82, 2.24) is 15.5 Å². The quantitative estimate of drug-likeness (QED) is 0.628. The predicted molar refractivity (Wildman–Crippen MR) is 107 cm³/mol. The lowest BCUT2D eigenvalue weighted by Gasteiger charge is -2.13. The van der Waals surface area contributed by atoms with E-state index in [1.54, 1.807) is 12.1 Å². The number of nitrogens with one attached hydrogen (secondary N) is 2. The van der Waals surface area contributed by atoms with Gasteiger partial charge in [0.1, 0.15) is 0 Å². The number of rotatable bonds is 9. The number of nitrogens with two attached hydrogens (primary N) is 1. The largest absolute Gasteiger partial charge is 0.352 e. The van der Waals surface area contributed by atoms with Gasteiger partial charge in [0.15, 0.2) is 0 Å². The molecular formula is C21H28N4O2. The van der Waals surface area contributed by atoms with Crippen molar-refractivity contribution in [3.8, 4) is 0 Å². The van der Waals surface area contributed by atoms with Gasteiger partial charge in [-0.2, -0.15) is 0 Å². The fraction of sp³-hybridized carbons (Fsp3) is 0.333. The van der Waals surface area contributed by atoms with Gasteiger partial charge >= 0.3 is 0 Å².